The fourth-order valence-electron chi connectivity index (χ4n) is 2.96. The van der Waals surface area contributed by atoms with Crippen molar-refractivity contribution in [1.29, 1.82) is 0 Å². The molecule has 0 rings (SSSR count). The van der Waals surface area contributed by atoms with Crippen molar-refractivity contribution < 1.29 is 9.59 Å². The maximum absolute atomic E-state index is 12.4. The third kappa shape index (κ3) is 10.8. The second-order valence-corrected chi connectivity index (χ2v) is 7.24. The van der Waals surface area contributed by atoms with Crippen molar-refractivity contribution in [3.63, 3.8) is 0 Å². The third-order valence-corrected chi connectivity index (χ3v) is 4.35. The molecule has 0 bridgehead atoms. The number of hydrogen-bond donors (Lipinski definition) is 0. The van der Waals surface area contributed by atoms with Gasteiger partial charge in [-0.05, 0) is 39.8 Å². The molecule has 154 valence electrons. The zero-order chi connectivity index (χ0) is 19.9. The Bertz CT molecular complexity index is 342. The highest BCUT2D eigenvalue weighted by Gasteiger charge is 2.16. The highest BCUT2D eigenvalue weighted by atomic mass is 16.2. The van der Waals surface area contributed by atoms with Crippen LogP contribution in [0.3, 0.4) is 0 Å². The molecule has 0 aliphatic rings. The fourth-order valence-corrected chi connectivity index (χ4v) is 2.96. The quantitative estimate of drug-likeness (QED) is 0.443. The minimum atomic E-state index is 0.201. The van der Waals surface area contributed by atoms with Gasteiger partial charge in [0.15, 0.2) is 0 Å². The van der Waals surface area contributed by atoms with Crippen LogP contribution < -0.4 is 0 Å². The van der Waals surface area contributed by atoms with Gasteiger partial charge in [-0.1, -0.05) is 27.7 Å². The van der Waals surface area contributed by atoms with Crippen molar-refractivity contribution in [3.8, 4) is 0 Å². The van der Waals surface area contributed by atoms with E-state index in [1.165, 1.54) is 0 Å². The average Bonchev–Trinajstić information content (AvgIpc) is 2.59. The summed E-state index contributed by atoms with van der Waals surface area (Å²) in [6.45, 7) is 14.2. The van der Waals surface area contributed by atoms with E-state index < -0.39 is 0 Å². The Labute approximate surface area is 161 Å². The number of carbonyl (C=O) groups is 2. The zero-order valence-corrected chi connectivity index (χ0v) is 18.1. The Morgan fingerprint density at radius 3 is 1.04 bits per heavy atom. The molecule has 6 heteroatoms. The van der Waals surface area contributed by atoms with E-state index in [2.05, 4.69) is 37.5 Å². The van der Waals surface area contributed by atoms with Gasteiger partial charge in [-0.15, -0.1) is 0 Å². The highest BCUT2D eigenvalue weighted by Crippen LogP contribution is 1.99. The summed E-state index contributed by atoms with van der Waals surface area (Å²) in [6, 6.07) is 0. The van der Waals surface area contributed by atoms with Crippen LogP contribution in [0.2, 0.25) is 0 Å². The summed E-state index contributed by atoms with van der Waals surface area (Å²) in [6.07, 6.45) is 3.97. The van der Waals surface area contributed by atoms with Gasteiger partial charge in [0.25, 0.3) is 0 Å². The molecule has 0 atom stereocenters. The largest absolute Gasteiger partial charge is 0.342 e. The number of rotatable bonds is 15. The molecule has 6 nitrogen and oxygen atoms in total. The summed E-state index contributed by atoms with van der Waals surface area (Å²) in [5, 5.41) is 0. The van der Waals surface area contributed by atoms with Crippen molar-refractivity contribution in [2.45, 2.75) is 53.4 Å². The maximum Gasteiger partial charge on any atom is 0.236 e. The molecule has 2 amide bonds. The van der Waals surface area contributed by atoms with Gasteiger partial charge in [-0.25, -0.2) is 0 Å². The first kappa shape index (κ1) is 24.9. The van der Waals surface area contributed by atoms with Crippen LogP contribution in [-0.4, -0.2) is 97.9 Å². The normalized spacial score (nSPS) is 11.2. The van der Waals surface area contributed by atoms with Crippen LogP contribution in [0.1, 0.15) is 53.4 Å². The third-order valence-electron chi connectivity index (χ3n) is 4.35. The Morgan fingerprint density at radius 1 is 0.538 bits per heavy atom. The summed E-state index contributed by atoms with van der Waals surface area (Å²) in [5.41, 5.74) is 0. The van der Waals surface area contributed by atoms with E-state index >= 15 is 0 Å². The highest BCUT2D eigenvalue weighted by molar-refractivity contribution is 5.78. The second-order valence-electron chi connectivity index (χ2n) is 7.24. The van der Waals surface area contributed by atoms with Crippen LogP contribution >= 0.6 is 0 Å². The number of likely N-dealkylation sites (N-methyl/N-ethyl adjacent to an activating group) is 2. The summed E-state index contributed by atoms with van der Waals surface area (Å²) >= 11 is 0. The average molecular weight is 371 g/mol. The lowest BCUT2D eigenvalue weighted by Gasteiger charge is -2.27. The molecule has 0 saturated carbocycles. The van der Waals surface area contributed by atoms with Crippen LogP contribution in [0.5, 0.6) is 0 Å². The number of amides is 2. The van der Waals surface area contributed by atoms with E-state index in [4.69, 9.17) is 0 Å². The minimum Gasteiger partial charge on any atom is -0.342 e. The summed E-state index contributed by atoms with van der Waals surface area (Å²) in [4.78, 5) is 32.8. The molecule has 0 aromatic rings. The van der Waals surface area contributed by atoms with Gasteiger partial charge in [0.1, 0.15) is 0 Å². The second kappa shape index (κ2) is 15.0. The lowest BCUT2D eigenvalue weighted by Crippen LogP contribution is -2.44. The van der Waals surface area contributed by atoms with Crippen molar-refractivity contribution >= 4 is 11.8 Å². The first-order valence-electron chi connectivity index (χ1n) is 10.3. The standard InChI is InChI=1S/C20H42N4O2/c1-7-11-23(12-8-2)19(25)17-21(5)15-16-22(6)18-20(26)24(13-9-3)14-10-4/h7-18H2,1-6H3. The van der Waals surface area contributed by atoms with E-state index in [0.29, 0.717) is 13.1 Å². The van der Waals surface area contributed by atoms with Crippen molar-refractivity contribution in [3.05, 3.63) is 0 Å². The lowest BCUT2D eigenvalue weighted by molar-refractivity contribution is -0.133. The molecule has 0 heterocycles. The van der Waals surface area contributed by atoms with Crippen LogP contribution in [0.25, 0.3) is 0 Å². The topological polar surface area (TPSA) is 47.1 Å². The first-order chi connectivity index (χ1) is 12.4. The van der Waals surface area contributed by atoms with Gasteiger partial charge < -0.3 is 9.80 Å². The number of hydrogen-bond acceptors (Lipinski definition) is 4. The molecular weight excluding hydrogens is 328 g/mol. The molecule has 0 aliphatic carbocycles. The van der Waals surface area contributed by atoms with Gasteiger partial charge in [0.2, 0.25) is 11.8 Å². The van der Waals surface area contributed by atoms with Gasteiger partial charge >= 0.3 is 0 Å². The van der Waals surface area contributed by atoms with Crippen LogP contribution in [0, 0.1) is 0 Å². The lowest BCUT2D eigenvalue weighted by atomic mass is 10.3. The van der Waals surface area contributed by atoms with Gasteiger partial charge in [0.05, 0.1) is 13.1 Å². The monoisotopic (exact) mass is 370 g/mol. The Kier molecular flexibility index (Phi) is 14.3. The van der Waals surface area contributed by atoms with Crippen molar-refractivity contribution in [1.82, 2.24) is 19.6 Å². The van der Waals surface area contributed by atoms with Crippen molar-refractivity contribution in [2.24, 2.45) is 0 Å². The minimum absolute atomic E-state index is 0.201. The molecule has 26 heavy (non-hydrogen) atoms. The van der Waals surface area contributed by atoms with E-state index in [1.54, 1.807) is 0 Å². The molecule has 0 N–H and O–H groups in total. The van der Waals surface area contributed by atoms with E-state index in [9.17, 15) is 9.59 Å². The molecule has 0 fully saturated rings. The molecule has 0 saturated heterocycles. The molecule has 0 aliphatic heterocycles. The molecule has 0 radical (unpaired) electrons. The van der Waals surface area contributed by atoms with Gasteiger partial charge in [-0.3, -0.25) is 19.4 Å². The summed E-state index contributed by atoms with van der Waals surface area (Å²) in [5.74, 6) is 0.402. The first-order valence-corrected chi connectivity index (χ1v) is 10.3. The van der Waals surface area contributed by atoms with Crippen LogP contribution in [-0.2, 0) is 9.59 Å². The molecule has 0 spiro atoms. The molecule has 0 aromatic heterocycles. The van der Waals surface area contributed by atoms with Crippen LogP contribution in [0.4, 0.5) is 0 Å². The molecular formula is C20H42N4O2. The van der Waals surface area contributed by atoms with E-state index in [1.807, 2.05) is 23.9 Å². The number of nitrogens with zero attached hydrogens (tertiary/aromatic N) is 4. The summed E-state index contributed by atoms with van der Waals surface area (Å²) in [7, 11) is 3.95. The maximum atomic E-state index is 12.4. The zero-order valence-electron chi connectivity index (χ0n) is 18.1. The predicted octanol–water partition coefficient (Wildman–Crippen LogP) is 2.15. The predicted molar refractivity (Wildman–Crippen MR) is 109 cm³/mol. The fraction of sp³-hybridized carbons (Fsp3) is 0.900. The van der Waals surface area contributed by atoms with Gasteiger partial charge in [-0.2, -0.15) is 0 Å². The Hall–Kier alpha value is -1.14. The summed E-state index contributed by atoms with van der Waals surface area (Å²) < 4.78 is 0. The van der Waals surface area contributed by atoms with Gasteiger partial charge in [0, 0.05) is 39.3 Å². The van der Waals surface area contributed by atoms with Crippen molar-refractivity contribution in [2.75, 3.05) is 66.5 Å². The van der Waals surface area contributed by atoms with E-state index in [0.717, 1.165) is 65.0 Å². The van der Waals surface area contributed by atoms with Crippen LogP contribution in [0.15, 0.2) is 0 Å². The smallest absolute Gasteiger partial charge is 0.236 e. The molecule has 0 unspecified atom stereocenters. The Balaban J connectivity index is 4.29. The SMILES string of the molecule is CCCN(CCC)C(=O)CN(C)CCN(C)CC(=O)N(CCC)CCC. The molecule has 0 aromatic carbocycles. The Morgan fingerprint density at radius 2 is 0.808 bits per heavy atom. The number of carbonyl (C=O) groups excluding carboxylic acids is 2. The van der Waals surface area contributed by atoms with E-state index in [-0.39, 0.29) is 11.8 Å².